The zero-order valence-electron chi connectivity index (χ0n) is 15.9. The Balaban J connectivity index is 1.89. The SMILES string of the molecule is CCOc1ccc(CN(C2CCCC2)S(=O)(=O)c2ccc(C(=O)O)cc2)cc1. The van der Waals surface area contributed by atoms with Gasteiger partial charge in [0.15, 0.2) is 0 Å². The van der Waals surface area contributed by atoms with Crippen LogP contribution in [0.5, 0.6) is 5.75 Å². The second kappa shape index (κ2) is 8.75. The lowest BCUT2D eigenvalue weighted by molar-refractivity contribution is 0.0696. The average Bonchev–Trinajstić information content (AvgIpc) is 3.22. The molecule has 28 heavy (non-hydrogen) atoms. The van der Waals surface area contributed by atoms with E-state index in [1.165, 1.54) is 24.3 Å². The summed E-state index contributed by atoms with van der Waals surface area (Å²) >= 11 is 0. The van der Waals surface area contributed by atoms with Crippen molar-refractivity contribution in [3.05, 3.63) is 59.7 Å². The van der Waals surface area contributed by atoms with Gasteiger partial charge in [-0.25, -0.2) is 13.2 Å². The molecule has 7 heteroatoms. The van der Waals surface area contributed by atoms with Crippen molar-refractivity contribution < 1.29 is 23.1 Å². The summed E-state index contributed by atoms with van der Waals surface area (Å²) < 4.78 is 33.7. The molecule has 0 radical (unpaired) electrons. The molecule has 0 spiro atoms. The number of hydrogen-bond donors (Lipinski definition) is 1. The zero-order chi connectivity index (χ0) is 20.1. The summed E-state index contributed by atoms with van der Waals surface area (Å²) in [7, 11) is -3.74. The average molecular weight is 404 g/mol. The van der Waals surface area contributed by atoms with E-state index < -0.39 is 16.0 Å². The molecule has 1 fully saturated rings. The van der Waals surface area contributed by atoms with Gasteiger partial charge in [0.2, 0.25) is 10.0 Å². The van der Waals surface area contributed by atoms with E-state index in [0.717, 1.165) is 37.0 Å². The summed E-state index contributed by atoms with van der Waals surface area (Å²) in [5, 5.41) is 9.05. The first-order valence-electron chi connectivity index (χ1n) is 9.48. The van der Waals surface area contributed by atoms with Crippen LogP contribution in [0.4, 0.5) is 0 Å². The third-order valence-corrected chi connectivity index (χ3v) is 6.93. The number of ether oxygens (including phenoxy) is 1. The Morgan fingerprint density at radius 3 is 2.21 bits per heavy atom. The molecule has 6 nitrogen and oxygen atoms in total. The van der Waals surface area contributed by atoms with Crippen LogP contribution in [0.1, 0.15) is 48.5 Å². The molecular formula is C21H25NO5S. The highest BCUT2D eigenvalue weighted by molar-refractivity contribution is 7.89. The molecule has 0 unspecified atom stereocenters. The fourth-order valence-corrected chi connectivity index (χ4v) is 5.22. The van der Waals surface area contributed by atoms with E-state index in [4.69, 9.17) is 9.84 Å². The van der Waals surface area contributed by atoms with Gasteiger partial charge in [-0.2, -0.15) is 4.31 Å². The van der Waals surface area contributed by atoms with Gasteiger partial charge in [-0.1, -0.05) is 25.0 Å². The Bertz CT molecular complexity index is 901. The predicted octanol–water partition coefficient (Wildman–Crippen LogP) is 3.92. The van der Waals surface area contributed by atoms with Crippen molar-refractivity contribution in [3.63, 3.8) is 0 Å². The van der Waals surface area contributed by atoms with Crippen LogP contribution in [0.3, 0.4) is 0 Å². The summed E-state index contributed by atoms with van der Waals surface area (Å²) in [6.45, 7) is 2.77. The molecule has 0 aromatic heterocycles. The van der Waals surface area contributed by atoms with Crippen molar-refractivity contribution in [2.24, 2.45) is 0 Å². The second-order valence-corrected chi connectivity index (χ2v) is 8.79. The number of carboxylic acids is 1. The second-order valence-electron chi connectivity index (χ2n) is 6.90. The zero-order valence-corrected chi connectivity index (χ0v) is 16.7. The molecule has 0 saturated heterocycles. The van der Waals surface area contributed by atoms with E-state index in [9.17, 15) is 13.2 Å². The molecule has 1 aliphatic carbocycles. The molecule has 0 amide bonds. The normalized spacial score (nSPS) is 15.1. The fraction of sp³-hybridized carbons (Fsp3) is 0.381. The lowest BCUT2D eigenvalue weighted by Gasteiger charge is -2.28. The Labute approximate surface area is 165 Å². The van der Waals surface area contributed by atoms with E-state index in [0.29, 0.717) is 6.61 Å². The Hall–Kier alpha value is -2.38. The van der Waals surface area contributed by atoms with Gasteiger partial charge >= 0.3 is 5.97 Å². The highest BCUT2D eigenvalue weighted by atomic mass is 32.2. The van der Waals surface area contributed by atoms with Gasteiger partial charge in [0, 0.05) is 12.6 Å². The van der Waals surface area contributed by atoms with Crippen molar-refractivity contribution in [1.82, 2.24) is 4.31 Å². The lowest BCUT2D eigenvalue weighted by atomic mass is 10.2. The smallest absolute Gasteiger partial charge is 0.335 e. The van der Waals surface area contributed by atoms with Gasteiger partial charge in [-0.05, 0) is 61.7 Å². The van der Waals surface area contributed by atoms with Crippen LogP contribution in [0, 0.1) is 0 Å². The minimum Gasteiger partial charge on any atom is -0.494 e. The molecule has 0 atom stereocenters. The van der Waals surface area contributed by atoms with Gasteiger partial charge in [0.05, 0.1) is 17.1 Å². The van der Waals surface area contributed by atoms with Crippen molar-refractivity contribution in [1.29, 1.82) is 0 Å². The molecule has 150 valence electrons. The van der Waals surface area contributed by atoms with Crippen molar-refractivity contribution in [3.8, 4) is 5.75 Å². The lowest BCUT2D eigenvalue weighted by Crippen LogP contribution is -2.38. The van der Waals surface area contributed by atoms with Crippen LogP contribution < -0.4 is 4.74 Å². The van der Waals surface area contributed by atoms with E-state index >= 15 is 0 Å². The maximum absolute atomic E-state index is 13.3. The predicted molar refractivity (Wildman–Crippen MR) is 106 cm³/mol. The highest BCUT2D eigenvalue weighted by Crippen LogP contribution is 2.30. The standard InChI is InChI=1S/C21H25NO5S/c1-2-27-19-11-7-16(8-12-19)15-22(18-5-3-4-6-18)28(25,26)20-13-9-17(10-14-20)21(23)24/h7-14,18H,2-6,15H2,1H3,(H,23,24). The summed E-state index contributed by atoms with van der Waals surface area (Å²) in [4.78, 5) is 11.2. The first-order chi connectivity index (χ1) is 13.4. The quantitative estimate of drug-likeness (QED) is 0.722. The number of carbonyl (C=O) groups is 1. The van der Waals surface area contributed by atoms with Crippen molar-refractivity contribution >= 4 is 16.0 Å². The Morgan fingerprint density at radius 1 is 1.07 bits per heavy atom. The topological polar surface area (TPSA) is 83.9 Å². The molecule has 0 heterocycles. The molecule has 3 rings (SSSR count). The largest absolute Gasteiger partial charge is 0.494 e. The number of rotatable bonds is 8. The number of nitrogens with zero attached hydrogens (tertiary/aromatic N) is 1. The summed E-state index contributed by atoms with van der Waals surface area (Å²) in [6, 6.07) is 12.8. The third-order valence-electron chi connectivity index (χ3n) is 5.01. The first-order valence-corrected chi connectivity index (χ1v) is 10.9. The molecule has 1 N–H and O–H groups in total. The van der Waals surface area contributed by atoms with Crippen LogP contribution in [-0.4, -0.2) is 36.4 Å². The summed E-state index contributed by atoms with van der Waals surface area (Å²) in [6.07, 6.45) is 3.70. The highest BCUT2D eigenvalue weighted by Gasteiger charge is 2.33. The number of carboxylic acid groups (broad SMARTS) is 1. The fourth-order valence-electron chi connectivity index (χ4n) is 3.55. The summed E-state index contributed by atoms with van der Waals surface area (Å²) in [5.74, 6) is -0.322. The summed E-state index contributed by atoms with van der Waals surface area (Å²) in [5.41, 5.74) is 0.957. The van der Waals surface area contributed by atoms with E-state index in [1.807, 2.05) is 31.2 Å². The Kier molecular flexibility index (Phi) is 6.36. The third kappa shape index (κ3) is 4.54. The van der Waals surface area contributed by atoms with Gasteiger partial charge in [-0.15, -0.1) is 0 Å². The molecule has 1 aliphatic rings. The number of aromatic carboxylic acids is 1. The molecule has 0 bridgehead atoms. The van der Waals surface area contributed by atoms with Crippen LogP contribution in [-0.2, 0) is 16.6 Å². The molecule has 2 aromatic rings. The van der Waals surface area contributed by atoms with Crippen LogP contribution >= 0.6 is 0 Å². The minimum absolute atomic E-state index is 0.0456. The molecule has 2 aromatic carbocycles. The minimum atomic E-state index is -3.74. The first kappa shape index (κ1) is 20.4. The number of hydrogen-bond acceptors (Lipinski definition) is 4. The Morgan fingerprint density at radius 2 is 1.68 bits per heavy atom. The van der Waals surface area contributed by atoms with Gasteiger partial charge in [0.25, 0.3) is 0 Å². The molecule has 0 aliphatic heterocycles. The van der Waals surface area contributed by atoms with Crippen LogP contribution in [0.15, 0.2) is 53.4 Å². The van der Waals surface area contributed by atoms with Gasteiger partial charge in [-0.3, -0.25) is 0 Å². The monoisotopic (exact) mass is 403 g/mol. The maximum Gasteiger partial charge on any atom is 0.335 e. The number of benzene rings is 2. The van der Waals surface area contributed by atoms with Crippen molar-refractivity contribution in [2.75, 3.05) is 6.61 Å². The van der Waals surface area contributed by atoms with E-state index in [-0.39, 0.29) is 23.0 Å². The molecule has 1 saturated carbocycles. The van der Waals surface area contributed by atoms with E-state index in [2.05, 4.69) is 0 Å². The van der Waals surface area contributed by atoms with Crippen molar-refractivity contribution in [2.45, 2.75) is 50.1 Å². The van der Waals surface area contributed by atoms with Gasteiger partial charge in [0.1, 0.15) is 5.75 Å². The van der Waals surface area contributed by atoms with Crippen LogP contribution in [0.2, 0.25) is 0 Å². The van der Waals surface area contributed by atoms with Crippen LogP contribution in [0.25, 0.3) is 0 Å². The maximum atomic E-state index is 13.3. The number of sulfonamides is 1. The van der Waals surface area contributed by atoms with E-state index in [1.54, 1.807) is 4.31 Å². The molecular weight excluding hydrogens is 378 g/mol. The van der Waals surface area contributed by atoms with Gasteiger partial charge < -0.3 is 9.84 Å².